The smallest absolute Gasteiger partial charge is 0.222 e. The van der Waals surface area contributed by atoms with Gasteiger partial charge in [-0.05, 0) is 20.3 Å². The monoisotopic (exact) mass is 171 g/mol. The SMILES string of the molecule is CCC1OCC(C)(C)N1C(C)=O. The van der Waals surface area contributed by atoms with E-state index in [0.29, 0.717) is 6.61 Å². The maximum atomic E-state index is 11.3. The number of ether oxygens (including phenoxy) is 1. The molecule has 1 aliphatic rings. The highest BCUT2D eigenvalue weighted by atomic mass is 16.5. The molecule has 1 rings (SSSR count). The molecule has 0 aromatic heterocycles. The van der Waals surface area contributed by atoms with E-state index in [1.54, 1.807) is 6.92 Å². The maximum absolute atomic E-state index is 11.3. The molecule has 0 aliphatic carbocycles. The first kappa shape index (κ1) is 9.52. The van der Waals surface area contributed by atoms with Gasteiger partial charge in [0.1, 0.15) is 6.23 Å². The second kappa shape index (κ2) is 3.05. The van der Waals surface area contributed by atoms with Crippen molar-refractivity contribution < 1.29 is 9.53 Å². The third-order valence-corrected chi connectivity index (χ3v) is 2.26. The number of hydrogen-bond acceptors (Lipinski definition) is 2. The highest BCUT2D eigenvalue weighted by Crippen LogP contribution is 2.28. The van der Waals surface area contributed by atoms with Gasteiger partial charge in [0, 0.05) is 6.92 Å². The Labute approximate surface area is 73.7 Å². The highest BCUT2D eigenvalue weighted by molar-refractivity contribution is 5.74. The van der Waals surface area contributed by atoms with Gasteiger partial charge in [-0.3, -0.25) is 4.79 Å². The molecule has 70 valence electrons. The average Bonchev–Trinajstić information content (AvgIpc) is 2.24. The summed E-state index contributed by atoms with van der Waals surface area (Å²) in [5, 5.41) is 0. The lowest BCUT2D eigenvalue weighted by Crippen LogP contribution is -2.46. The van der Waals surface area contributed by atoms with E-state index < -0.39 is 0 Å². The summed E-state index contributed by atoms with van der Waals surface area (Å²) in [5.41, 5.74) is -0.132. The van der Waals surface area contributed by atoms with Crippen molar-refractivity contribution in [2.75, 3.05) is 6.61 Å². The van der Waals surface area contributed by atoms with Gasteiger partial charge in [0.2, 0.25) is 5.91 Å². The van der Waals surface area contributed by atoms with Crippen molar-refractivity contribution in [1.82, 2.24) is 4.90 Å². The molecule has 1 heterocycles. The molecular formula is C9H17NO2. The largest absolute Gasteiger partial charge is 0.356 e. The van der Waals surface area contributed by atoms with Crippen LogP contribution in [-0.4, -0.2) is 29.2 Å². The molecule has 1 fully saturated rings. The van der Waals surface area contributed by atoms with Gasteiger partial charge in [-0.1, -0.05) is 6.92 Å². The summed E-state index contributed by atoms with van der Waals surface area (Å²) in [4.78, 5) is 13.1. The van der Waals surface area contributed by atoms with Gasteiger partial charge >= 0.3 is 0 Å². The van der Waals surface area contributed by atoms with Crippen LogP contribution in [0.2, 0.25) is 0 Å². The Morgan fingerprint density at radius 1 is 1.67 bits per heavy atom. The van der Waals surface area contributed by atoms with Crippen LogP contribution >= 0.6 is 0 Å². The Morgan fingerprint density at radius 2 is 2.25 bits per heavy atom. The minimum atomic E-state index is -0.132. The van der Waals surface area contributed by atoms with Gasteiger partial charge < -0.3 is 9.64 Å². The fraction of sp³-hybridized carbons (Fsp3) is 0.889. The van der Waals surface area contributed by atoms with Gasteiger partial charge in [-0.15, -0.1) is 0 Å². The molecule has 12 heavy (non-hydrogen) atoms. The van der Waals surface area contributed by atoms with Gasteiger partial charge in [0.15, 0.2) is 0 Å². The number of carbonyl (C=O) groups is 1. The second-order valence-electron chi connectivity index (χ2n) is 3.88. The minimum absolute atomic E-state index is 0.0162. The zero-order valence-electron chi connectivity index (χ0n) is 8.26. The van der Waals surface area contributed by atoms with Crippen LogP contribution in [0.25, 0.3) is 0 Å². The normalized spacial score (nSPS) is 27.7. The lowest BCUT2D eigenvalue weighted by Gasteiger charge is -2.31. The summed E-state index contributed by atoms with van der Waals surface area (Å²) in [5.74, 6) is 0.101. The van der Waals surface area contributed by atoms with Crippen molar-refractivity contribution in [3.8, 4) is 0 Å². The van der Waals surface area contributed by atoms with Crippen molar-refractivity contribution in [1.29, 1.82) is 0 Å². The number of nitrogens with zero attached hydrogens (tertiary/aromatic N) is 1. The Kier molecular flexibility index (Phi) is 2.42. The number of rotatable bonds is 1. The summed E-state index contributed by atoms with van der Waals surface area (Å²) in [6, 6.07) is 0. The van der Waals surface area contributed by atoms with Crippen LogP contribution in [0.4, 0.5) is 0 Å². The minimum Gasteiger partial charge on any atom is -0.356 e. The first-order valence-electron chi connectivity index (χ1n) is 4.40. The van der Waals surface area contributed by atoms with E-state index in [4.69, 9.17) is 4.74 Å². The summed E-state index contributed by atoms with van der Waals surface area (Å²) in [6.07, 6.45) is 0.848. The average molecular weight is 171 g/mol. The first-order valence-corrected chi connectivity index (χ1v) is 4.40. The lowest BCUT2D eigenvalue weighted by atomic mass is 10.1. The summed E-state index contributed by atoms with van der Waals surface area (Å²) in [7, 11) is 0. The predicted octanol–water partition coefficient (Wildman–Crippen LogP) is 1.38. The molecule has 0 radical (unpaired) electrons. The van der Waals surface area contributed by atoms with Crippen LogP contribution in [-0.2, 0) is 9.53 Å². The van der Waals surface area contributed by atoms with Crippen molar-refractivity contribution in [3.05, 3.63) is 0 Å². The van der Waals surface area contributed by atoms with Crippen LogP contribution in [0.15, 0.2) is 0 Å². The Balaban J connectivity index is 2.80. The van der Waals surface area contributed by atoms with E-state index in [2.05, 4.69) is 0 Å². The van der Waals surface area contributed by atoms with Crippen LogP contribution in [0, 0.1) is 0 Å². The molecule has 1 aliphatic heterocycles. The van der Waals surface area contributed by atoms with E-state index >= 15 is 0 Å². The summed E-state index contributed by atoms with van der Waals surface area (Å²) >= 11 is 0. The Hall–Kier alpha value is -0.570. The summed E-state index contributed by atoms with van der Waals surface area (Å²) in [6.45, 7) is 8.33. The molecule has 0 spiro atoms. The lowest BCUT2D eigenvalue weighted by molar-refractivity contribution is -0.137. The molecule has 0 saturated carbocycles. The van der Waals surface area contributed by atoms with Crippen molar-refractivity contribution >= 4 is 5.91 Å². The molecule has 0 N–H and O–H groups in total. The van der Waals surface area contributed by atoms with Gasteiger partial charge in [0.05, 0.1) is 12.1 Å². The molecule has 0 aromatic carbocycles. The molecule has 1 amide bonds. The molecule has 1 unspecified atom stereocenters. The Bertz CT molecular complexity index is 189. The zero-order chi connectivity index (χ0) is 9.35. The second-order valence-corrected chi connectivity index (χ2v) is 3.88. The standard InChI is InChI=1S/C9H17NO2/c1-5-8-10(7(2)11)9(3,4)6-12-8/h8H,5-6H2,1-4H3. The molecule has 0 aromatic rings. The summed E-state index contributed by atoms with van der Waals surface area (Å²) < 4.78 is 5.50. The van der Waals surface area contributed by atoms with Gasteiger partial charge in [0.25, 0.3) is 0 Å². The van der Waals surface area contributed by atoms with Crippen LogP contribution in [0.1, 0.15) is 34.1 Å². The third-order valence-electron chi connectivity index (χ3n) is 2.26. The van der Waals surface area contributed by atoms with E-state index in [9.17, 15) is 4.79 Å². The maximum Gasteiger partial charge on any atom is 0.222 e. The fourth-order valence-electron chi connectivity index (χ4n) is 1.76. The molecule has 1 atom stereocenters. The Morgan fingerprint density at radius 3 is 2.58 bits per heavy atom. The van der Waals surface area contributed by atoms with Gasteiger partial charge in [-0.2, -0.15) is 0 Å². The first-order chi connectivity index (χ1) is 5.49. The van der Waals surface area contributed by atoms with E-state index in [0.717, 1.165) is 6.42 Å². The third kappa shape index (κ3) is 1.46. The molecular weight excluding hydrogens is 154 g/mol. The van der Waals surface area contributed by atoms with Crippen molar-refractivity contribution in [3.63, 3.8) is 0 Å². The van der Waals surface area contributed by atoms with Gasteiger partial charge in [-0.25, -0.2) is 0 Å². The number of amides is 1. The van der Waals surface area contributed by atoms with Crippen molar-refractivity contribution in [2.24, 2.45) is 0 Å². The fourth-order valence-corrected chi connectivity index (χ4v) is 1.76. The topological polar surface area (TPSA) is 29.5 Å². The zero-order valence-corrected chi connectivity index (χ0v) is 8.26. The van der Waals surface area contributed by atoms with Crippen LogP contribution in [0.3, 0.4) is 0 Å². The van der Waals surface area contributed by atoms with Crippen molar-refractivity contribution in [2.45, 2.75) is 45.9 Å². The molecule has 1 saturated heterocycles. The predicted molar refractivity (Wildman–Crippen MR) is 46.6 cm³/mol. The highest BCUT2D eigenvalue weighted by Gasteiger charge is 2.40. The number of hydrogen-bond donors (Lipinski definition) is 0. The van der Waals surface area contributed by atoms with Crippen LogP contribution < -0.4 is 0 Å². The molecule has 0 bridgehead atoms. The van der Waals surface area contributed by atoms with Crippen LogP contribution in [0.5, 0.6) is 0 Å². The van der Waals surface area contributed by atoms with E-state index in [1.807, 2.05) is 25.7 Å². The quantitative estimate of drug-likeness (QED) is 0.596. The number of carbonyl (C=O) groups excluding carboxylic acids is 1. The molecule has 3 heteroatoms. The van der Waals surface area contributed by atoms with E-state index in [-0.39, 0.29) is 17.7 Å². The molecule has 3 nitrogen and oxygen atoms in total. The van der Waals surface area contributed by atoms with E-state index in [1.165, 1.54) is 0 Å².